The number of methoxy groups -OCH3 is 2. The summed E-state index contributed by atoms with van der Waals surface area (Å²) in [5.74, 6) is 0.244. The molecule has 1 N–H and O–H groups in total. The zero-order chi connectivity index (χ0) is 27.6. The summed E-state index contributed by atoms with van der Waals surface area (Å²) in [7, 11) is -0.948. The molecule has 0 radical (unpaired) electrons. The Kier molecular flexibility index (Phi) is 7.86. The molecular weight excluding hydrogens is 512 g/mol. The van der Waals surface area contributed by atoms with E-state index in [1.165, 1.54) is 25.2 Å². The molecule has 2 amide bonds. The van der Waals surface area contributed by atoms with E-state index in [0.29, 0.717) is 23.3 Å². The third kappa shape index (κ3) is 5.42. The number of carbonyl (C=O) groups excluding carboxylic acids is 2. The van der Waals surface area contributed by atoms with Gasteiger partial charge in [-0.2, -0.15) is 8.42 Å². The number of rotatable bonds is 9. The van der Waals surface area contributed by atoms with E-state index >= 15 is 0 Å². The van der Waals surface area contributed by atoms with Crippen molar-refractivity contribution in [3.8, 4) is 17.2 Å². The molecular formula is C27H32N2O8S. The Balaban J connectivity index is 1.67. The summed E-state index contributed by atoms with van der Waals surface area (Å²) in [5, 5.41) is 3.03. The Labute approximate surface area is 222 Å². The summed E-state index contributed by atoms with van der Waals surface area (Å²) < 4.78 is 45.7. The largest absolute Gasteiger partial charge is 0.496 e. The molecule has 4 rings (SSSR count). The normalized spacial score (nSPS) is 22.4. The fourth-order valence-corrected chi connectivity index (χ4v) is 5.88. The minimum atomic E-state index is -3.85. The zero-order valence-corrected chi connectivity index (χ0v) is 22.6. The number of fused-ring (bicyclic) bond motifs is 2. The lowest BCUT2D eigenvalue weighted by Gasteiger charge is -2.40. The minimum absolute atomic E-state index is 0.00846. The van der Waals surface area contributed by atoms with Crippen LogP contribution in [0.4, 0.5) is 4.79 Å². The van der Waals surface area contributed by atoms with Crippen molar-refractivity contribution in [3.05, 3.63) is 65.7 Å². The molecule has 2 aliphatic heterocycles. The van der Waals surface area contributed by atoms with E-state index in [4.69, 9.17) is 18.4 Å². The van der Waals surface area contributed by atoms with Gasteiger partial charge in [0.2, 0.25) is 5.91 Å². The molecule has 4 atom stereocenters. The minimum Gasteiger partial charge on any atom is -0.496 e. The van der Waals surface area contributed by atoms with E-state index in [2.05, 4.69) is 11.9 Å². The number of piperazine rings is 1. The summed E-state index contributed by atoms with van der Waals surface area (Å²) in [6.07, 6.45) is 2.78. The Morgan fingerprint density at radius 2 is 1.87 bits per heavy atom. The molecule has 0 aromatic heterocycles. The monoisotopic (exact) mass is 544 g/mol. The standard InChI is InChI=1S/C27H32N2O8S/c1-6-18-13-21-26(30)28-20(23(18)29(21)27(31)36-15-17-10-8-7-9-11-17)12-19-14-22(37-38(5,32)33)25(35-4)16(2)24(19)34-3/h6-11,14,18,20-21,23H,1,12-13,15H2,2-5H3,(H,28,30)/t18-,20+,21-,23+/m1/s1. The second-order valence-corrected chi connectivity index (χ2v) is 11.0. The molecule has 38 heavy (non-hydrogen) atoms. The molecule has 2 fully saturated rings. The number of nitrogens with one attached hydrogen (secondary N) is 1. The number of benzene rings is 2. The molecule has 10 nitrogen and oxygen atoms in total. The smallest absolute Gasteiger partial charge is 0.411 e. The summed E-state index contributed by atoms with van der Waals surface area (Å²) in [4.78, 5) is 27.9. The van der Waals surface area contributed by atoms with Crippen molar-refractivity contribution in [2.45, 2.75) is 44.5 Å². The highest BCUT2D eigenvalue weighted by Crippen LogP contribution is 2.43. The van der Waals surface area contributed by atoms with Gasteiger partial charge in [0.05, 0.1) is 32.6 Å². The van der Waals surface area contributed by atoms with Gasteiger partial charge in [-0.25, -0.2) is 4.79 Å². The van der Waals surface area contributed by atoms with Gasteiger partial charge in [-0.3, -0.25) is 9.69 Å². The molecule has 2 aromatic rings. The number of nitrogens with zero attached hydrogens (tertiary/aromatic N) is 1. The second-order valence-electron chi connectivity index (χ2n) is 9.42. The third-order valence-corrected chi connectivity index (χ3v) is 7.43. The van der Waals surface area contributed by atoms with Gasteiger partial charge in [0, 0.05) is 17.0 Å². The number of amides is 2. The molecule has 0 spiro atoms. The molecule has 2 aliphatic rings. The first-order chi connectivity index (χ1) is 18.1. The lowest BCUT2D eigenvalue weighted by Crippen LogP contribution is -2.63. The van der Waals surface area contributed by atoms with Crippen molar-refractivity contribution < 1.29 is 36.4 Å². The Hall–Kier alpha value is -3.73. The predicted molar refractivity (Wildman–Crippen MR) is 140 cm³/mol. The SMILES string of the molecule is C=C[C@@H]1C[C@@H]2C(=O)N[C@@H](Cc3cc(OS(C)(=O)=O)c(OC)c(C)c3OC)[C@H]1N2C(=O)OCc1ccccc1. The second kappa shape index (κ2) is 10.9. The first kappa shape index (κ1) is 27.3. The van der Waals surface area contributed by atoms with Gasteiger partial charge >= 0.3 is 16.2 Å². The van der Waals surface area contributed by atoms with Gasteiger partial charge in [-0.05, 0) is 31.4 Å². The summed E-state index contributed by atoms with van der Waals surface area (Å²) in [6, 6.07) is 9.20. The Morgan fingerprint density at radius 1 is 1.18 bits per heavy atom. The topological polar surface area (TPSA) is 120 Å². The fourth-order valence-electron chi connectivity index (χ4n) is 5.43. The maximum atomic E-state index is 13.3. The molecule has 2 aromatic carbocycles. The van der Waals surface area contributed by atoms with Gasteiger partial charge in [-0.1, -0.05) is 36.4 Å². The number of hydrogen-bond donors (Lipinski definition) is 1. The fraction of sp³-hybridized carbons (Fsp3) is 0.407. The van der Waals surface area contributed by atoms with Gasteiger partial charge in [0.25, 0.3) is 0 Å². The highest BCUT2D eigenvalue weighted by Gasteiger charge is 2.54. The van der Waals surface area contributed by atoms with Gasteiger partial charge in [0.1, 0.15) is 18.4 Å². The van der Waals surface area contributed by atoms with Crippen LogP contribution >= 0.6 is 0 Å². The highest BCUT2D eigenvalue weighted by atomic mass is 32.2. The van der Waals surface area contributed by atoms with E-state index in [1.54, 1.807) is 13.0 Å². The van der Waals surface area contributed by atoms with Gasteiger partial charge in [-0.15, -0.1) is 6.58 Å². The summed E-state index contributed by atoms with van der Waals surface area (Å²) in [5.41, 5.74) is 1.96. The van der Waals surface area contributed by atoms with Crippen LogP contribution in [0.5, 0.6) is 17.2 Å². The number of ether oxygens (including phenoxy) is 3. The van der Waals surface area contributed by atoms with E-state index in [1.807, 2.05) is 30.3 Å². The molecule has 0 aliphatic carbocycles. The van der Waals surface area contributed by atoms with Gasteiger partial charge < -0.3 is 23.7 Å². The van der Waals surface area contributed by atoms with Crippen LogP contribution in [0.15, 0.2) is 49.1 Å². The van der Waals surface area contributed by atoms with Crippen LogP contribution < -0.4 is 19.0 Å². The zero-order valence-electron chi connectivity index (χ0n) is 21.8. The van der Waals surface area contributed by atoms with Crippen molar-refractivity contribution in [2.24, 2.45) is 5.92 Å². The Morgan fingerprint density at radius 3 is 2.47 bits per heavy atom. The molecule has 11 heteroatoms. The van der Waals surface area contributed by atoms with Gasteiger partial charge in [0.15, 0.2) is 11.5 Å². The van der Waals surface area contributed by atoms with Crippen LogP contribution in [-0.4, -0.2) is 63.9 Å². The molecule has 2 saturated heterocycles. The van der Waals surface area contributed by atoms with E-state index in [0.717, 1.165) is 11.8 Å². The first-order valence-electron chi connectivity index (χ1n) is 12.1. The van der Waals surface area contributed by atoms with Crippen LogP contribution in [0.3, 0.4) is 0 Å². The quantitative estimate of drug-likeness (QED) is 0.378. The molecule has 204 valence electrons. The predicted octanol–water partition coefficient (Wildman–Crippen LogP) is 2.97. The maximum absolute atomic E-state index is 13.3. The average molecular weight is 545 g/mol. The highest BCUT2D eigenvalue weighted by molar-refractivity contribution is 7.86. The summed E-state index contributed by atoms with van der Waals surface area (Å²) >= 11 is 0. The first-order valence-corrected chi connectivity index (χ1v) is 14.0. The lowest BCUT2D eigenvalue weighted by atomic mass is 9.89. The maximum Gasteiger partial charge on any atom is 0.411 e. The van der Waals surface area contributed by atoms with Crippen molar-refractivity contribution in [3.63, 3.8) is 0 Å². The average Bonchev–Trinajstić information content (AvgIpc) is 3.20. The lowest BCUT2D eigenvalue weighted by molar-refractivity contribution is -0.129. The van der Waals surface area contributed by atoms with Crippen LogP contribution in [0.1, 0.15) is 23.1 Å². The number of carbonyl (C=O) groups is 2. The van der Waals surface area contributed by atoms with Crippen LogP contribution in [-0.2, 0) is 32.7 Å². The van der Waals surface area contributed by atoms with E-state index in [9.17, 15) is 18.0 Å². The van der Waals surface area contributed by atoms with E-state index < -0.39 is 34.3 Å². The van der Waals surface area contributed by atoms with Crippen LogP contribution in [0, 0.1) is 12.8 Å². The summed E-state index contributed by atoms with van der Waals surface area (Å²) in [6.45, 7) is 5.74. The Bertz CT molecular complexity index is 1330. The van der Waals surface area contributed by atoms with Crippen molar-refractivity contribution >= 4 is 22.1 Å². The molecule has 2 bridgehead atoms. The molecule has 2 heterocycles. The van der Waals surface area contributed by atoms with Crippen molar-refractivity contribution in [1.29, 1.82) is 0 Å². The van der Waals surface area contributed by atoms with Crippen LogP contribution in [0.25, 0.3) is 0 Å². The van der Waals surface area contributed by atoms with Crippen molar-refractivity contribution in [1.82, 2.24) is 10.2 Å². The van der Waals surface area contributed by atoms with Crippen molar-refractivity contribution in [2.75, 3.05) is 20.5 Å². The molecule has 0 saturated carbocycles. The van der Waals surface area contributed by atoms with Crippen LogP contribution in [0.2, 0.25) is 0 Å². The molecule has 0 unspecified atom stereocenters. The number of hydrogen-bond acceptors (Lipinski definition) is 8. The third-order valence-electron chi connectivity index (χ3n) is 6.94. The van der Waals surface area contributed by atoms with E-state index in [-0.39, 0.29) is 36.4 Å².